The standard InChI is InChI=1S/C23H23ClF3N3O2/c1-32-14-17-5-4-12-30(17)22(31)16-10-8-15(9-11-16)20(13-21(28)23(25,26)27)29-19-7-3-2-6-18(19)24/h2-3,6-11,13,17H,4-5,12,14,28H2,1H3. The Labute approximate surface area is 189 Å². The Balaban J connectivity index is 1.94. The smallest absolute Gasteiger partial charge is 0.395 e. The van der Waals surface area contributed by atoms with E-state index in [2.05, 4.69) is 4.99 Å². The van der Waals surface area contributed by atoms with Gasteiger partial charge in [-0.3, -0.25) is 4.79 Å². The summed E-state index contributed by atoms with van der Waals surface area (Å²) in [5, 5.41) is 0.286. The second-order valence-electron chi connectivity index (χ2n) is 7.37. The number of carbonyl (C=O) groups excluding carboxylic acids is 1. The van der Waals surface area contributed by atoms with E-state index in [1.54, 1.807) is 60.5 Å². The number of benzene rings is 2. The molecule has 0 bridgehead atoms. The fraction of sp³-hybridized carbons (Fsp3) is 0.304. The number of likely N-dealkylation sites (tertiary alicyclic amines) is 1. The van der Waals surface area contributed by atoms with Gasteiger partial charge in [-0.2, -0.15) is 13.2 Å². The predicted molar refractivity (Wildman–Crippen MR) is 118 cm³/mol. The molecule has 1 aliphatic heterocycles. The van der Waals surface area contributed by atoms with Crippen LogP contribution in [0.25, 0.3) is 0 Å². The van der Waals surface area contributed by atoms with E-state index in [1.165, 1.54) is 0 Å². The third-order valence-electron chi connectivity index (χ3n) is 5.14. The van der Waals surface area contributed by atoms with E-state index < -0.39 is 11.9 Å². The number of halogens is 4. The average Bonchev–Trinajstić information content (AvgIpc) is 3.22. The molecular weight excluding hydrogens is 443 g/mol. The number of alkyl halides is 3. The summed E-state index contributed by atoms with van der Waals surface area (Å²) in [4.78, 5) is 18.9. The molecule has 0 aliphatic carbocycles. The summed E-state index contributed by atoms with van der Waals surface area (Å²) in [5.41, 5.74) is 5.02. The Morgan fingerprint density at radius 1 is 1.22 bits per heavy atom. The van der Waals surface area contributed by atoms with Crippen molar-refractivity contribution in [2.75, 3.05) is 20.3 Å². The summed E-state index contributed by atoms with van der Waals surface area (Å²) in [5.74, 6) is -0.147. The Bertz CT molecular complexity index is 1020. The van der Waals surface area contributed by atoms with Gasteiger partial charge < -0.3 is 15.4 Å². The van der Waals surface area contributed by atoms with E-state index in [9.17, 15) is 18.0 Å². The maximum atomic E-state index is 13.1. The molecule has 32 heavy (non-hydrogen) atoms. The summed E-state index contributed by atoms with van der Waals surface area (Å²) in [7, 11) is 1.59. The highest BCUT2D eigenvalue weighted by atomic mass is 35.5. The lowest BCUT2D eigenvalue weighted by Gasteiger charge is -2.24. The van der Waals surface area contributed by atoms with Crippen molar-refractivity contribution in [2.45, 2.75) is 25.1 Å². The Hall–Kier alpha value is -2.84. The second-order valence-corrected chi connectivity index (χ2v) is 7.78. The van der Waals surface area contributed by atoms with Crippen LogP contribution < -0.4 is 5.73 Å². The second kappa shape index (κ2) is 10.2. The molecule has 5 nitrogen and oxygen atoms in total. The van der Waals surface area contributed by atoms with E-state index in [4.69, 9.17) is 22.1 Å². The largest absolute Gasteiger partial charge is 0.430 e. The molecule has 2 aromatic carbocycles. The van der Waals surface area contributed by atoms with Crippen LogP contribution in [0.4, 0.5) is 18.9 Å². The fourth-order valence-corrected chi connectivity index (χ4v) is 3.68. The van der Waals surface area contributed by atoms with E-state index in [0.717, 1.165) is 18.9 Å². The topological polar surface area (TPSA) is 67.9 Å². The number of nitrogens with zero attached hydrogens (tertiary/aromatic N) is 2. The van der Waals surface area contributed by atoms with Crippen LogP contribution in [0.1, 0.15) is 28.8 Å². The van der Waals surface area contributed by atoms with Crippen molar-refractivity contribution in [1.29, 1.82) is 0 Å². The van der Waals surface area contributed by atoms with Crippen LogP contribution in [0.5, 0.6) is 0 Å². The van der Waals surface area contributed by atoms with E-state index in [0.29, 0.717) is 30.0 Å². The molecule has 1 amide bonds. The van der Waals surface area contributed by atoms with Crippen molar-refractivity contribution < 1.29 is 22.7 Å². The van der Waals surface area contributed by atoms with Crippen LogP contribution in [0.3, 0.4) is 0 Å². The van der Waals surface area contributed by atoms with E-state index in [1.807, 2.05) is 0 Å². The number of hydrogen-bond acceptors (Lipinski definition) is 4. The number of hydrogen-bond donors (Lipinski definition) is 1. The number of nitrogens with two attached hydrogens (primary N) is 1. The van der Waals surface area contributed by atoms with Gasteiger partial charge in [0, 0.05) is 24.8 Å². The van der Waals surface area contributed by atoms with Gasteiger partial charge in [-0.25, -0.2) is 4.99 Å². The molecule has 1 saturated heterocycles. The van der Waals surface area contributed by atoms with Gasteiger partial charge in [0.05, 0.1) is 29.1 Å². The molecule has 9 heteroatoms. The molecule has 2 aromatic rings. The molecule has 1 unspecified atom stereocenters. The first-order chi connectivity index (χ1) is 15.2. The molecule has 1 heterocycles. The van der Waals surface area contributed by atoms with Gasteiger partial charge in [-0.05, 0) is 43.2 Å². The van der Waals surface area contributed by atoms with Crippen molar-refractivity contribution in [3.63, 3.8) is 0 Å². The number of carbonyl (C=O) groups is 1. The molecule has 0 saturated carbocycles. The lowest BCUT2D eigenvalue weighted by molar-refractivity contribution is -0.0925. The predicted octanol–water partition coefficient (Wildman–Crippen LogP) is 5.12. The SMILES string of the molecule is COCC1CCCN1C(=O)c1ccc(C(C=C(N)C(F)(F)F)=Nc2ccccc2Cl)cc1. The number of para-hydroxylation sites is 1. The number of rotatable bonds is 6. The maximum Gasteiger partial charge on any atom is 0.430 e. The van der Waals surface area contributed by atoms with Crippen LogP contribution in [-0.4, -0.2) is 49.0 Å². The van der Waals surface area contributed by atoms with Crippen LogP contribution in [0, 0.1) is 0 Å². The van der Waals surface area contributed by atoms with Gasteiger partial charge in [-0.1, -0.05) is 35.9 Å². The zero-order valence-corrected chi connectivity index (χ0v) is 18.2. The summed E-state index contributed by atoms with van der Waals surface area (Å²) >= 11 is 6.12. The lowest BCUT2D eigenvalue weighted by Crippen LogP contribution is -2.38. The van der Waals surface area contributed by atoms with Gasteiger partial charge in [-0.15, -0.1) is 0 Å². The zero-order valence-electron chi connectivity index (χ0n) is 17.4. The molecule has 1 atom stereocenters. The average molecular weight is 466 g/mol. The Morgan fingerprint density at radius 2 is 1.88 bits per heavy atom. The lowest BCUT2D eigenvalue weighted by atomic mass is 10.0. The number of allylic oxidation sites excluding steroid dienone is 2. The monoisotopic (exact) mass is 465 g/mol. The van der Waals surface area contributed by atoms with E-state index >= 15 is 0 Å². The van der Waals surface area contributed by atoms with Crippen molar-refractivity contribution in [3.05, 3.63) is 76.5 Å². The van der Waals surface area contributed by atoms with Gasteiger partial charge >= 0.3 is 6.18 Å². The number of amides is 1. The Kier molecular flexibility index (Phi) is 7.58. The van der Waals surface area contributed by atoms with Gasteiger partial charge in [0.15, 0.2) is 0 Å². The van der Waals surface area contributed by atoms with Crippen LogP contribution >= 0.6 is 11.6 Å². The molecule has 170 valence electrons. The summed E-state index contributed by atoms with van der Waals surface area (Å²) in [6.45, 7) is 1.10. The highest BCUT2D eigenvalue weighted by Gasteiger charge is 2.32. The van der Waals surface area contributed by atoms with Gasteiger partial charge in [0.1, 0.15) is 5.70 Å². The van der Waals surface area contributed by atoms with Crippen LogP contribution in [0.15, 0.2) is 65.3 Å². The molecular formula is C23H23ClF3N3O2. The number of aliphatic imine (C=N–C) groups is 1. The zero-order chi connectivity index (χ0) is 23.3. The van der Waals surface area contributed by atoms with Crippen molar-refractivity contribution in [3.8, 4) is 0 Å². The van der Waals surface area contributed by atoms with Crippen molar-refractivity contribution >= 4 is 28.9 Å². The first-order valence-electron chi connectivity index (χ1n) is 9.98. The molecule has 1 aliphatic rings. The molecule has 2 N–H and O–H groups in total. The minimum absolute atomic E-state index is 0.0130. The third kappa shape index (κ3) is 5.69. The van der Waals surface area contributed by atoms with Crippen molar-refractivity contribution in [1.82, 2.24) is 4.90 Å². The van der Waals surface area contributed by atoms with Crippen LogP contribution in [0.2, 0.25) is 5.02 Å². The van der Waals surface area contributed by atoms with Gasteiger partial charge in [0.25, 0.3) is 5.91 Å². The molecule has 0 radical (unpaired) electrons. The van der Waals surface area contributed by atoms with Gasteiger partial charge in [0.2, 0.25) is 0 Å². The normalized spacial score (nSPS) is 17.7. The summed E-state index contributed by atoms with van der Waals surface area (Å²) < 4.78 is 44.3. The molecule has 1 fully saturated rings. The first-order valence-corrected chi connectivity index (χ1v) is 10.4. The van der Waals surface area contributed by atoms with Crippen molar-refractivity contribution in [2.24, 2.45) is 10.7 Å². The highest BCUT2D eigenvalue weighted by Crippen LogP contribution is 2.27. The van der Waals surface area contributed by atoms with E-state index in [-0.39, 0.29) is 22.7 Å². The summed E-state index contributed by atoms with van der Waals surface area (Å²) in [6, 6.07) is 12.8. The summed E-state index contributed by atoms with van der Waals surface area (Å²) in [6.07, 6.45) is -2.18. The quantitative estimate of drug-likeness (QED) is 0.602. The Morgan fingerprint density at radius 3 is 2.50 bits per heavy atom. The van der Waals surface area contributed by atoms with Crippen LogP contribution in [-0.2, 0) is 4.74 Å². The fourth-order valence-electron chi connectivity index (χ4n) is 3.50. The maximum absolute atomic E-state index is 13.1. The first kappa shape index (κ1) is 23.8. The number of ether oxygens (including phenoxy) is 1. The molecule has 3 rings (SSSR count). The third-order valence-corrected chi connectivity index (χ3v) is 5.46. The molecule has 0 aromatic heterocycles. The highest BCUT2D eigenvalue weighted by molar-refractivity contribution is 6.33. The minimum Gasteiger partial charge on any atom is -0.395 e. The minimum atomic E-state index is -4.71. The number of methoxy groups -OCH3 is 1. The molecule has 0 spiro atoms.